The molecule has 0 radical (unpaired) electrons. The Labute approximate surface area is 92.3 Å². The van der Waals surface area contributed by atoms with E-state index in [9.17, 15) is 0 Å². The average Bonchev–Trinajstić information content (AvgIpc) is 2.16. The van der Waals surface area contributed by atoms with Crippen molar-refractivity contribution in [2.45, 2.75) is 22.7 Å². The van der Waals surface area contributed by atoms with Gasteiger partial charge in [0, 0.05) is 9.32 Å². The first-order chi connectivity index (χ1) is 5.81. The molecule has 0 saturated heterocycles. The molecule has 0 nitrogen and oxygen atoms in total. The minimum absolute atomic E-state index is 1.12. The highest BCUT2D eigenvalue weighted by Gasteiger charge is 1.99. The van der Waals surface area contributed by atoms with Crippen molar-refractivity contribution in [2.24, 2.45) is 0 Å². The van der Waals surface area contributed by atoms with Crippen molar-refractivity contribution in [1.82, 2.24) is 0 Å². The second-order valence-electron chi connectivity index (χ2n) is 2.62. The molecular weight excluding hydrogens is 279 g/mol. The van der Waals surface area contributed by atoms with Gasteiger partial charge in [0.25, 0.3) is 0 Å². The lowest BCUT2D eigenvalue weighted by Crippen LogP contribution is -1.89. The van der Waals surface area contributed by atoms with Crippen LogP contribution in [0.5, 0.6) is 0 Å². The fourth-order valence-corrected chi connectivity index (χ4v) is 2.40. The summed E-state index contributed by atoms with van der Waals surface area (Å²) in [6.07, 6.45) is 3.27. The van der Waals surface area contributed by atoms with Crippen LogP contribution in [0.15, 0.2) is 23.1 Å². The Balaban J connectivity index is 3.02. The molecular formula is C10H13IS. The molecule has 0 amide bonds. The van der Waals surface area contributed by atoms with Crippen molar-refractivity contribution >= 4 is 34.4 Å². The molecule has 12 heavy (non-hydrogen) atoms. The molecule has 0 aliphatic heterocycles. The first kappa shape index (κ1) is 10.4. The van der Waals surface area contributed by atoms with Crippen LogP contribution in [0.2, 0.25) is 0 Å². The van der Waals surface area contributed by atoms with E-state index < -0.39 is 0 Å². The SMILES string of the molecule is CCc1cc(SC)ccc1CI. The Kier molecular flexibility index (Phi) is 4.43. The van der Waals surface area contributed by atoms with E-state index in [4.69, 9.17) is 0 Å². The Hall–Kier alpha value is 0.300. The summed E-state index contributed by atoms with van der Waals surface area (Å²) in [6, 6.07) is 6.76. The van der Waals surface area contributed by atoms with E-state index in [0.29, 0.717) is 0 Å². The molecule has 0 unspecified atom stereocenters. The van der Waals surface area contributed by atoms with Gasteiger partial charge in [-0.2, -0.15) is 0 Å². The van der Waals surface area contributed by atoms with E-state index in [-0.39, 0.29) is 0 Å². The minimum Gasteiger partial charge on any atom is -0.130 e. The third kappa shape index (κ3) is 2.39. The molecule has 2 heteroatoms. The van der Waals surface area contributed by atoms with E-state index in [1.807, 2.05) is 11.8 Å². The summed E-state index contributed by atoms with van der Waals surface area (Å²) >= 11 is 4.23. The number of alkyl halides is 1. The zero-order chi connectivity index (χ0) is 8.97. The van der Waals surface area contributed by atoms with Gasteiger partial charge in [-0.25, -0.2) is 0 Å². The van der Waals surface area contributed by atoms with E-state index in [2.05, 4.69) is 54.0 Å². The summed E-state index contributed by atoms with van der Waals surface area (Å²) in [5, 5.41) is 0. The molecule has 0 atom stereocenters. The highest BCUT2D eigenvalue weighted by atomic mass is 127. The van der Waals surface area contributed by atoms with Crippen molar-refractivity contribution in [3.05, 3.63) is 29.3 Å². The molecule has 1 aromatic carbocycles. The Morgan fingerprint density at radius 3 is 2.58 bits per heavy atom. The largest absolute Gasteiger partial charge is 0.130 e. The highest BCUT2D eigenvalue weighted by Crippen LogP contribution is 2.21. The topological polar surface area (TPSA) is 0 Å². The lowest BCUT2D eigenvalue weighted by molar-refractivity contribution is 1.09. The van der Waals surface area contributed by atoms with Crippen LogP contribution in [-0.2, 0) is 10.8 Å². The molecule has 0 N–H and O–H groups in total. The summed E-state index contributed by atoms with van der Waals surface area (Å²) in [4.78, 5) is 1.38. The van der Waals surface area contributed by atoms with Gasteiger partial charge in [0.2, 0.25) is 0 Å². The number of benzene rings is 1. The van der Waals surface area contributed by atoms with Gasteiger partial charge in [-0.3, -0.25) is 0 Å². The molecule has 0 aromatic heterocycles. The first-order valence-corrected chi connectivity index (χ1v) is 6.78. The summed E-state index contributed by atoms with van der Waals surface area (Å²) in [6.45, 7) is 2.22. The van der Waals surface area contributed by atoms with Crippen LogP contribution in [0.25, 0.3) is 0 Å². The van der Waals surface area contributed by atoms with E-state index in [1.165, 1.54) is 16.0 Å². The quantitative estimate of drug-likeness (QED) is 0.462. The van der Waals surface area contributed by atoms with Crippen molar-refractivity contribution in [1.29, 1.82) is 0 Å². The first-order valence-electron chi connectivity index (χ1n) is 4.03. The van der Waals surface area contributed by atoms with E-state index in [1.54, 1.807) is 0 Å². The number of thioether (sulfide) groups is 1. The second kappa shape index (κ2) is 5.12. The number of aryl methyl sites for hydroxylation is 1. The van der Waals surface area contributed by atoms with Gasteiger partial charge < -0.3 is 0 Å². The van der Waals surface area contributed by atoms with Gasteiger partial charge in [-0.05, 0) is 35.9 Å². The number of hydrogen-bond donors (Lipinski definition) is 0. The molecule has 0 spiro atoms. The van der Waals surface area contributed by atoms with Crippen LogP contribution in [-0.4, -0.2) is 6.26 Å². The van der Waals surface area contributed by atoms with Crippen molar-refractivity contribution in [3.63, 3.8) is 0 Å². The van der Waals surface area contributed by atoms with Gasteiger partial charge in [0.1, 0.15) is 0 Å². The van der Waals surface area contributed by atoms with Crippen molar-refractivity contribution < 1.29 is 0 Å². The zero-order valence-corrected chi connectivity index (χ0v) is 10.4. The second-order valence-corrected chi connectivity index (χ2v) is 4.26. The average molecular weight is 292 g/mol. The van der Waals surface area contributed by atoms with Crippen LogP contribution in [0.4, 0.5) is 0 Å². The van der Waals surface area contributed by atoms with E-state index in [0.717, 1.165) is 10.8 Å². The Morgan fingerprint density at radius 1 is 1.33 bits per heavy atom. The third-order valence-electron chi connectivity index (χ3n) is 1.94. The lowest BCUT2D eigenvalue weighted by atomic mass is 10.1. The van der Waals surface area contributed by atoms with E-state index >= 15 is 0 Å². The normalized spacial score (nSPS) is 10.2. The van der Waals surface area contributed by atoms with Gasteiger partial charge in [0.15, 0.2) is 0 Å². The number of rotatable bonds is 3. The standard InChI is InChI=1S/C10H13IS/c1-3-8-6-10(12-2)5-4-9(8)7-11/h4-6H,3,7H2,1-2H3. The van der Waals surface area contributed by atoms with Crippen LogP contribution in [0.1, 0.15) is 18.1 Å². The van der Waals surface area contributed by atoms with Gasteiger partial charge >= 0.3 is 0 Å². The summed E-state index contributed by atoms with van der Waals surface area (Å²) in [5.74, 6) is 0. The fraction of sp³-hybridized carbons (Fsp3) is 0.400. The molecule has 0 aliphatic rings. The minimum atomic E-state index is 1.12. The monoisotopic (exact) mass is 292 g/mol. The molecule has 0 saturated carbocycles. The molecule has 0 fully saturated rings. The summed E-state index contributed by atoms with van der Waals surface area (Å²) < 4.78 is 1.12. The third-order valence-corrected chi connectivity index (χ3v) is 3.49. The molecule has 1 aromatic rings. The summed E-state index contributed by atoms with van der Waals surface area (Å²) in [7, 11) is 0. The van der Waals surface area contributed by atoms with Crippen LogP contribution < -0.4 is 0 Å². The van der Waals surface area contributed by atoms with Gasteiger partial charge in [0.05, 0.1) is 0 Å². The molecule has 1 rings (SSSR count). The molecule has 0 heterocycles. The predicted molar refractivity (Wildman–Crippen MR) is 65.3 cm³/mol. The maximum Gasteiger partial charge on any atom is 0.0249 e. The molecule has 66 valence electrons. The van der Waals surface area contributed by atoms with Crippen molar-refractivity contribution in [2.75, 3.05) is 6.26 Å². The maximum atomic E-state index is 2.42. The highest BCUT2D eigenvalue weighted by molar-refractivity contribution is 14.1. The summed E-state index contributed by atoms with van der Waals surface area (Å²) in [5.41, 5.74) is 2.98. The smallest absolute Gasteiger partial charge is 0.0249 e. The Bertz CT molecular complexity index is 258. The lowest BCUT2D eigenvalue weighted by Gasteiger charge is -2.06. The Morgan fingerprint density at radius 2 is 2.08 bits per heavy atom. The molecule has 0 aliphatic carbocycles. The van der Waals surface area contributed by atoms with Crippen LogP contribution in [0.3, 0.4) is 0 Å². The fourth-order valence-electron chi connectivity index (χ4n) is 1.19. The molecule has 0 bridgehead atoms. The number of hydrogen-bond acceptors (Lipinski definition) is 1. The van der Waals surface area contributed by atoms with Gasteiger partial charge in [-0.15, -0.1) is 11.8 Å². The number of halogens is 1. The predicted octanol–water partition coefficient (Wildman–Crippen LogP) is 3.91. The van der Waals surface area contributed by atoms with Crippen molar-refractivity contribution in [3.8, 4) is 0 Å². The van der Waals surface area contributed by atoms with Crippen LogP contribution >= 0.6 is 34.4 Å². The zero-order valence-electron chi connectivity index (χ0n) is 7.43. The van der Waals surface area contributed by atoms with Crippen LogP contribution in [0, 0.1) is 0 Å². The maximum absolute atomic E-state index is 2.42. The van der Waals surface area contributed by atoms with Gasteiger partial charge in [-0.1, -0.05) is 35.6 Å².